The van der Waals surface area contributed by atoms with Gasteiger partial charge in [0.1, 0.15) is 5.75 Å². The minimum absolute atomic E-state index is 0.0642. The van der Waals surface area contributed by atoms with E-state index in [0.29, 0.717) is 16.9 Å². The number of likely N-dealkylation sites (N-methyl/N-ethyl adjacent to an activating group) is 1. The van der Waals surface area contributed by atoms with Crippen molar-refractivity contribution in [1.82, 2.24) is 9.62 Å². The molecule has 1 saturated heterocycles. The van der Waals surface area contributed by atoms with E-state index in [1.807, 2.05) is 0 Å². The number of hydrogen-bond donors (Lipinski definition) is 1. The fraction of sp³-hybridized carbons (Fsp3) is 0.263. The van der Waals surface area contributed by atoms with E-state index in [-0.39, 0.29) is 16.7 Å². The summed E-state index contributed by atoms with van der Waals surface area (Å²) in [6.07, 6.45) is 0. The van der Waals surface area contributed by atoms with Crippen LogP contribution in [0.25, 0.3) is 0 Å². The van der Waals surface area contributed by atoms with Gasteiger partial charge in [0.15, 0.2) is 0 Å². The molecule has 2 aliphatic rings. The summed E-state index contributed by atoms with van der Waals surface area (Å²) >= 11 is 0. The molecule has 0 unspecified atom stereocenters. The van der Waals surface area contributed by atoms with Gasteiger partial charge in [0.25, 0.3) is 0 Å². The van der Waals surface area contributed by atoms with Gasteiger partial charge in [0.05, 0.1) is 29.9 Å². The number of methoxy groups -OCH3 is 1. The first kappa shape index (κ1) is 17.7. The van der Waals surface area contributed by atoms with Crippen molar-refractivity contribution < 1.29 is 22.7 Å². The Hall–Kier alpha value is -2.71. The number of nitrogens with one attached hydrogen (secondary N) is 1. The second kappa shape index (κ2) is 6.17. The number of imide groups is 1. The molecule has 1 aliphatic carbocycles. The molecule has 140 valence electrons. The van der Waals surface area contributed by atoms with Crippen molar-refractivity contribution in [3.63, 3.8) is 0 Å². The zero-order valence-electron chi connectivity index (χ0n) is 14.7. The SMILES string of the molecule is COc1ccc(S(=O)(=O)N[C@@H]2c3ccccc3[C@H]3C(=O)N(C)C(=O)[C@@H]23)cc1. The number of fused-ring (bicyclic) bond motifs is 3. The number of likely N-dealkylation sites (tertiary alicyclic amines) is 1. The van der Waals surface area contributed by atoms with Crippen LogP contribution in [-0.2, 0) is 19.6 Å². The Bertz CT molecular complexity index is 1030. The number of benzene rings is 2. The summed E-state index contributed by atoms with van der Waals surface area (Å²) in [5, 5.41) is 0. The minimum Gasteiger partial charge on any atom is -0.497 e. The normalized spacial score (nSPS) is 24.1. The van der Waals surface area contributed by atoms with Crippen LogP contribution in [0.1, 0.15) is 23.1 Å². The highest BCUT2D eigenvalue weighted by Gasteiger charge is 2.56. The molecule has 2 aromatic rings. The maximum absolute atomic E-state index is 12.9. The van der Waals surface area contributed by atoms with Gasteiger partial charge in [-0.3, -0.25) is 14.5 Å². The van der Waals surface area contributed by atoms with Crippen molar-refractivity contribution in [2.45, 2.75) is 16.9 Å². The lowest BCUT2D eigenvalue weighted by Gasteiger charge is -2.20. The lowest BCUT2D eigenvalue weighted by Crippen LogP contribution is -2.36. The molecule has 1 aliphatic heterocycles. The molecular formula is C19H18N2O5S. The first-order valence-electron chi connectivity index (χ1n) is 8.42. The van der Waals surface area contributed by atoms with Crippen LogP contribution < -0.4 is 9.46 Å². The molecule has 2 amide bonds. The van der Waals surface area contributed by atoms with Gasteiger partial charge >= 0.3 is 0 Å². The van der Waals surface area contributed by atoms with Gasteiger partial charge in [0.2, 0.25) is 21.8 Å². The second-order valence-electron chi connectivity index (χ2n) is 6.64. The van der Waals surface area contributed by atoms with E-state index in [0.717, 1.165) is 4.90 Å². The van der Waals surface area contributed by atoms with Crippen molar-refractivity contribution in [2.75, 3.05) is 14.2 Å². The van der Waals surface area contributed by atoms with Crippen molar-refractivity contribution >= 4 is 21.8 Å². The number of hydrogen-bond acceptors (Lipinski definition) is 5. The zero-order valence-corrected chi connectivity index (χ0v) is 15.6. The number of ether oxygens (including phenoxy) is 1. The standard InChI is InChI=1S/C19H18N2O5S/c1-21-18(22)15-13-5-3-4-6-14(13)17(16(15)19(21)23)20-27(24,25)12-9-7-11(26-2)8-10-12/h3-10,15-17,20H,1-2H3/t15-,16-,17-/m1/s1. The lowest BCUT2D eigenvalue weighted by molar-refractivity contribution is -0.138. The van der Waals surface area contributed by atoms with Crippen LogP contribution in [-0.4, -0.2) is 39.3 Å². The maximum atomic E-state index is 12.9. The molecule has 8 heteroatoms. The highest BCUT2D eigenvalue weighted by molar-refractivity contribution is 7.89. The molecule has 1 heterocycles. The van der Waals surface area contributed by atoms with Gasteiger partial charge in [-0.05, 0) is 35.4 Å². The predicted octanol–water partition coefficient (Wildman–Crippen LogP) is 1.43. The van der Waals surface area contributed by atoms with Crippen LogP contribution in [0.3, 0.4) is 0 Å². The smallest absolute Gasteiger partial charge is 0.241 e. The van der Waals surface area contributed by atoms with E-state index in [9.17, 15) is 18.0 Å². The van der Waals surface area contributed by atoms with E-state index in [1.54, 1.807) is 36.4 Å². The number of nitrogens with zero attached hydrogens (tertiary/aromatic N) is 1. The summed E-state index contributed by atoms with van der Waals surface area (Å²) in [4.78, 5) is 26.3. The van der Waals surface area contributed by atoms with Gasteiger partial charge in [-0.25, -0.2) is 13.1 Å². The molecule has 0 saturated carbocycles. The highest BCUT2D eigenvalue weighted by atomic mass is 32.2. The molecule has 3 atom stereocenters. The van der Waals surface area contributed by atoms with E-state index in [1.165, 1.54) is 26.3 Å². The summed E-state index contributed by atoms with van der Waals surface area (Å²) in [7, 11) is -0.968. The Balaban J connectivity index is 1.74. The fourth-order valence-electron chi connectivity index (χ4n) is 3.90. The fourth-order valence-corrected chi connectivity index (χ4v) is 5.13. The average molecular weight is 386 g/mol. The molecule has 2 aromatic carbocycles. The van der Waals surface area contributed by atoms with Crippen molar-refractivity contribution in [3.05, 3.63) is 59.7 Å². The van der Waals surface area contributed by atoms with Crippen LogP contribution in [0, 0.1) is 5.92 Å². The Morgan fingerprint density at radius 1 is 0.963 bits per heavy atom. The molecule has 0 aromatic heterocycles. The van der Waals surface area contributed by atoms with E-state index in [2.05, 4.69) is 4.72 Å². The van der Waals surface area contributed by atoms with Crippen LogP contribution in [0.5, 0.6) is 5.75 Å². The van der Waals surface area contributed by atoms with Crippen LogP contribution in [0.4, 0.5) is 0 Å². The van der Waals surface area contributed by atoms with Gasteiger partial charge in [-0.1, -0.05) is 24.3 Å². The first-order valence-corrected chi connectivity index (χ1v) is 9.90. The summed E-state index contributed by atoms with van der Waals surface area (Å²) in [6.45, 7) is 0. The average Bonchev–Trinajstić information content (AvgIpc) is 3.10. The molecule has 1 fully saturated rings. The summed E-state index contributed by atoms with van der Waals surface area (Å²) in [5.74, 6) is -1.55. The van der Waals surface area contributed by atoms with Crippen molar-refractivity contribution in [2.24, 2.45) is 5.92 Å². The zero-order chi connectivity index (χ0) is 19.3. The Morgan fingerprint density at radius 2 is 1.59 bits per heavy atom. The molecule has 27 heavy (non-hydrogen) atoms. The molecule has 7 nitrogen and oxygen atoms in total. The number of carbonyl (C=O) groups is 2. The van der Waals surface area contributed by atoms with Gasteiger partial charge < -0.3 is 4.74 Å². The summed E-state index contributed by atoms with van der Waals surface area (Å²) in [6, 6.07) is 12.3. The van der Waals surface area contributed by atoms with Crippen LogP contribution in [0.2, 0.25) is 0 Å². The largest absolute Gasteiger partial charge is 0.497 e. The quantitative estimate of drug-likeness (QED) is 0.803. The highest BCUT2D eigenvalue weighted by Crippen LogP contribution is 2.50. The van der Waals surface area contributed by atoms with E-state index < -0.39 is 27.9 Å². The maximum Gasteiger partial charge on any atom is 0.241 e. The third-order valence-electron chi connectivity index (χ3n) is 5.25. The Kier molecular flexibility index (Phi) is 4.05. The number of carbonyl (C=O) groups excluding carboxylic acids is 2. The van der Waals surface area contributed by atoms with Crippen molar-refractivity contribution in [1.29, 1.82) is 0 Å². The monoisotopic (exact) mass is 386 g/mol. The third-order valence-corrected chi connectivity index (χ3v) is 6.71. The van der Waals surface area contributed by atoms with Crippen LogP contribution >= 0.6 is 0 Å². The van der Waals surface area contributed by atoms with Crippen LogP contribution in [0.15, 0.2) is 53.4 Å². The predicted molar refractivity (Wildman–Crippen MR) is 96.5 cm³/mol. The lowest BCUT2D eigenvalue weighted by atomic mass is 9.94. The first-order chi connectivity index (χ1) is 12.8. The van der Waals surface area contributed by atoms with Gasteiger partial charge in [-0.2, -0.15) is 0 Å². The number of sulfonamides is 1. The molecule has 0 spiro atoms. The molecule has 4 rings (SSSR count). The summed E-state index contributed by atoms with van der Waals surface area (Å²) < 4.78 is 33.5. The number of amides is 2. The number of rotatable bonds is 4. The molecule has 0 bridgehead atoms. The molecule has 0 radical (unpaired) electrons. The Labute approximate surface area is 157 Å². The van der Waals surface area contributed by atoms with Crippen molar-refractivity contribution in [3.8, 4) is 5.75 Å². The molecular weight excluding hydrogens is 368 g/mol. The van der Waals surface area contributed by atoms with E-state index in [4.69, 9.17) is 4.74 Å². The van der Waals surface area contributed by atoms with Gasteiger partial charge in [-0.15, -0.1) is 0 Å². The Morgan fingerprint density at radius 3 is 2.22 bits per heavy atom. The molecule has 1 N–H and O–H groups in total. The minimum atomic E-state index is -3.90. The summed E-state index contributed by atoms with van der Waals surface area (Å²) in [5.41, 5.74) is 1.37. The van der Waals surface area contributed by atoms with E-state index >= 15 is 0 Å². The van der Waals surface area contributed by atoms with Gasteiger partial charge in [0, 0.05) is 7.05 Å². The topological polar surface area (TPSA) is 92.8 Å². The third kappa shape index (κ3) is 2.64. The second-order valence-corrected chi connectivity index (χ2v) is 8.36.